The molecule has 0 saturated heterocycles. The van der Waals surface area contributed by atoms with Crippen LogP contribution in [-0.4, -0.2) is 14.9 Å². The van der Waals surface area contributed by atoms with Crippen molar-refractivity contribution >= 4 is 28.9 Å². The van der Waals surface area contributed by atoms with Crippen molar-refractivity contribution in [2.24, 2.45) is 4.99 Å². The number of rotatable bonds is 2. The van der Waals surface area contributed by atoms with Gasteiger partial charge in [0.25, 0.3) is 0 Å². The molecule has 0 unspecified atom stereocenters. The van der Waals surface area contributed by atoms with Gasteiger partial charge in [-0.2, -0.15) is 0 Å². The van der Waals surface area contributed by atoms with E-state index in [1.54, 1.807) is 16.4 Å². The number of aryl methyl sites for hydroxylation is 1. The summed E-state index contributed by atoms with van der Waals surface area (Å²) in [6.07, 6.45) is 3.45. The van der Waals surface area contributed by atoms with Crippen LogP contribution < -0.4 is 10.8 Å². The third kappa shape index (κ3) is 3.29. The third-order valence-electron chi connectivity index (χ3n) is 2.90. The average Bonchev–Trinajstić information content (AvgIpc) is 2.87. The molecular formula is C16H15N5S. The lowest BCUT2D eigenvalue weighted by Gasteiger charge is -2.10. The zero-order valence-electron chi connectivity index (χ0n) is 12.0. The molecule has 0 aliphatic heterocycles. The Morgan fingerprint density at radius 2 is 2.05 bits per heavy atom. The summed E-state index contributed by atoms with van der Waals surface area (Å²) in [5, 5.41) is 11.3. The predicted molar refractivity (Wildman–Crippen MR) is 89.7 cm³/mol. The fraction of sp³-hybridized carbons (Fsp3) is 0.0625. The topological polar surface area (TPSA) is 66.1 Å². The van der Waals surface area contributed by atoms with Crippen molar-refractivity contribution in [2.75, 3.05) is 5.32 Å². The minimum absolute atomic E-state index is 0.397. The second-order valence-corrected chi connectivity index (χ2v) is 5.86. The average molecular weight is 309 g/mol. The van der Waals surface area contributed by atoms with Gasteiger partial charge in [0, 0.05) is 11.1 Å². The number of benzene rings is 1. The fourth-order valence-electron chi connectivity index (χ4n) is 1.94. The van der Waals surface area contributed by atoms with Gasteiger partial charge in [0.05, 0.1) is 17.6 Å². The van der Waals surface area contributed by atoms with Gasteiger partial charge in [-0.25, -0.2) is 8.95 Å². The zero-order chi connectivity index (χ0) is 15.4. The van der Waals surface area contributed by atoms with Crippen LogP contribution in [0.4, 0.5) is 11.4 Å². The number of hydrogen-bond acceptors (Lipinski definition) is 4. The molecule has 22 heavy (non-hydrogen) atoms. The number of aromatic nitrogens is 2. The number of anilines is 1. The first-order valence-electron chi connectivity index (χ1n) is 6.78. The Bertz CT molecular complexity index is 834. The monoisotopic (exact) mass is 309 g/mol. The summed E-state index contributed by atoms with van der Waals surface area (Å²) < 4.78 is 1.76. The molecule has 5 nitrogen and oxygen atoms in total. The van der Waals surface area contributed by atoms with Gasteiger partial charge in [0.1, 0.15) is 5.49 Å². The first-order valence-corrected chi connectivity index (χ1v) is 7.55. The lowest BCUT2D eigenvalue weighted by Crippen LogP contribution is -2.28. The molecule has 110 valence electrons. The van der Waals surface area contributed by atoms with E-state index >= 15 is 0 Å². The predicted octanol–water partition coefficient (Wildman–Crippen LogP) is 3.38. The van der Waals surface area contributed by atoms with Crippen LogP contribution in [-0.2, 0) is 0 Å². The van der Waals surface area contributed by atoms with Crippen LogP contribution in [0.2, 0.25) is 0 Å². The number of nitrogens with one attached hydrogen (secondary N) is 2. The number of hydrogen-bond donors (Lipinski definition) is 2. The van der Waals surface area contributed by atoms with Crippen molar-refractivity contribution in [1.29, 1.82) is 5.41 Å². The minimum Gasteiger partial charge on any atom is -0.323 e. The second kappa shape index (κ2) is 6.36. The van der Waals surface area contributed by atoms with Crippen molar-refractivity contribution in [3.8, 4) is 0 Å². The van der Waals surface area contributed by atoms with E-state index in [0.29, 0.717) is 11.4 Å². The summed E-state index contributed by atoms with van der Waals surface area (Å²) in [6, 6.07) is 15.3. The second-order valence-electron chi connectivity index (χ2n) is 4.66. The summed E-state index contributed by atoms with van der Waals surface area (Å²) in [5.74, 6) is 0.585. The van der Waals surface area contributed by atoms with Gasteiger partial charge in [-0.3, -0.25) is 10.4 Å². The number of aliphatic imine (C=N–C) groups is 1. The van der Waals surface area contributed by atoms with Gasteiger partial charge in [0.2, 0.25) is 5.96 Å². The Hall–Kier alpha value is -2.73. The third-order valence-corrected chi connectivity index (χ3v) is 3.85. The smallest absolute Gasteiger partial charge is 0.223 e. The van der Waals surface area contributed by atoms with Gasteiger partial charge >= 0.3 is 0 Å². The van der Waals surface area contributed by atoms with Crippen LogP contribution in [0.3, 0.4) is 0 Å². The molecule has 0 aliphatic rings. The summed E-state index contributed by atoms with van der Waals surface area (Å²) in [6.45, 7) is 1.98. The fourth-order valence-corrected chi connectivity index (χ4v) is 2.72. The van der Waals surface area contributed by atoms with Crippen molar-refractivity contribution in [1.82, 2.24) is 8.94 Å². The van der Waals surface area contributed by atoms with Crippen molar-refractivity contribution in [3.05, 3.63) is 71.3 Å². The number of para-hydroxylation sites is 1. The number of nitrogens with zero attached hydrogens (tertiary/aromatic N) is 3. The standard InChI is InChI=1S/C16H15N5S/c1-12-10-15(17)21(22-12)16(19-13-6-3-2-4-7-13)20-14-8-5-9-18-11-14/h2-11,17H,1H3,(H,19,20). The Kier molecular flexibility index (Phi) is 4.11. The molecule has 0 aliphatic carbocycles. The van der Waals surface area contributed by atoms with E-state index in [0.717, 1.165) is 16.3 Å². The summed E-state index contributed by atoms with van der Waals surface area (Å²) in [5.41, 5.74) is 2.05. The molecule has 0 fully saturated rings. The highest BCUT2D eigenvalue weighted by Crippen LogP contribution is 2.14. The van der Waals surface area contributed by atoms with Crippen molar-refractivity contribution < 1.29 is 0 Å². The van der Waals surface area contributed by atoms with E-state index in [9.17, 15) is 0 Å². The maximum Gasteiger partial charge on any atom is 0.223 e. The van der Waals surface area contributed by atoms with Gasteiger partial charge in [-0.1, -0.05) is 29.7 Å². The lowest BCUT2D eigenvalue weighted by molar-refractivity contribution is 1.07. The van der Waals surface area contributed by atoms with Gasteiger partial charge < -0.3 is 5.32 Å². The Morgan fingerprint density at radius 1 is 1.23 bits per heavy atom. The quantitative estimate of drug-likeness (QED) is 0.563. The molecule has 0 saturated carbocycles. The Balaban J connectivity index is 2.04. The molecule has 3 rings (SSSR count). The molecule has 3 aromatic rings. The molecule has 2 aromatic heterocycles. The molecule has 0 radical (unpaired) electrons. The summed E-state index contributed by atoms with van der Waals surface area (Å²) in [7, 11) is 0. The lowest BCUT2D eigenvalue weighted by atomic mass is 10.3. The molecule has 1 aromatic carbocycles. The van der Waals surface area contributed by atoms with E-state index in [1.807, 2.05) is 55.5 Å². The van der Waals surface area contributed by atoms with Crippen LogP contribution in [0.5, 0.6) is 0 Å². The molecule has 2 N–H and O–H groups in total. The Labute approximate surface area is 132 Å². The van der Waals surface area contributed by atoms with Crippen molar-refractivity contribution in [2.45, 2.75) is 6.92 Å². The molecule has 2 heterocycles. The van der Waals surface area contributed by atoms with Gasteiger partial charge in [-0.05, 0) is 37.3 Å². The Morgan fingerprint density at radius 3 is 2.68 bits per heavy atom. The van der Waals surface area contributed by atoms with E-state index < -0.39 is 0 Å². The van der Waals surface area contributed by atoms with E-state index in [1.165, 1.54) is 11.5 Å². The van der Waals surface area contributed by atoms with E-state index in [-0.39, 0.29) is 0 Å². The molecule has 6 heteroatoms. The molecule has 0 atom stereocenters. The molecular weight excluding hydrogens is 294 g/mol. The highest BCUT2D eigenvalue weighted by Gasteiger charge is 2.08. The van der Waals surface area contributed by atoms with Crippen LogP contribution in [0, 0.1) is 12.3 Å². The van der Waals surface area contributed by atoms with Crippen LogP contribution in [0.1, 0.15) is 4.88 Å². The van der Waals surface area contributed by atoms with Crippen LogP contribution in [0.25, 0.3) is 0 Å². The van der Waals surface area contributed by atoms with E-state index in [2.05, 4.69) is 15.3 Å². The molecule has 0 amide bonds. The minimum atomic E-state index is 0.397. The van der Waals surface area contributed by atoms with Crippen molar-refractivity contribution in [3.63, 3.8) is 0 Å². The highest BCUT2D eigenvalue weighted by atomic mass is 32.1. The largest absolute Gasteiger partial charge is 0.323 e. The first-order chi connectivity index (χ1) is 10.7. The van der Waals surface area contributed by atoms with Crippen LogP contribution in [0.15, 0.2) is 65.9 Å². The van der Waals surface area contributed by atoms with Crippen LogP contribution >= 0.6 is 11.5 Å². The maximum absolute atomic E-state index is 8.09. The van der Waals surface area contributed by atoms with Gasteiger partial charge in [-0.15, -0.1) is 0 Å². The van der Waals surface area contributed by atoms with Gasteiger partial charge in [0.15, 0.2) is 0 Å². The maximum atomic E-state index is 8.09. The number of pyridine rings is 1. The first kappa shape index (κ1) is 14.2. The SMILES string of the molecule is Cc1cc(=N)n(C(=Nc2ccccc2)Nc2cccnc2)s1. The van der Waals surface area contributed by atoms with E-state index in [4.69, 9.17) is 5.41 Å². The zero-order valence-corrected chi connectivity index (χ0v) is 12.8. The summed E-state index contributed by atoms with van der Waals surface area (Å²) >= 11 is 1.48. The summed E-state index contributed by atoms with van der Waals surface area (Å²) in [4.78, 5) is 9.78. The molecule has 0 spiro atoms. The highest BCUT2D eigenvalue weighted by molar-refractivity contribution is 7.07. The normalized spacial score (nSPS) is 11.4. The molecule has 0 bridgehead atoms.